The fourth-order valence-electron chi connectivity index (χ4n) is 2.64. The summed E-state index contributed by atoms with van der Waals surface area (Å²) in [6, 6.07) is 18.5. The smallest absolute Gasteiger partial charge is 0.412 e. The second-order valence-corrected chi connectivity index (χ2v) is 6.35. The van der Waals surface area contributed by atoms with E-state index in [0.717, 1.165) is 16.0 Å². The zero-order valence-corrected chi connectivity index (χ0v) is 16.0. The number of aliphatic hydroxyl groups excluding tert-OH is 1. The van der Waals surface area contributed by atoms with E-state index in [1.54, 1.807) is 0 Å². The number of hydrogen-bond acceptors (Lipinski definition) is 6. The summed E-state index contributed by atoms with van der Waals surface area (Å²) in [6.07, 6.45) is -1.32. The lowest BCUT2D eigenvalue weighted by atomic mass is 10.1. The van der Waals surface area contributed by atoms with Crippen LogP contribution >= 0.6 is 0 Å². The highest BCUT2D eigenvalue weighted by Gasteiger charge is 2.34. The van der Waals surface area contributed by atoms with Crippen molar-refractivity contribution in [3.05, 3.63) is 71.8 Å². The number of hydrogen-bond donors (Lipinski definition) is 3. The predicted molar refractivity (Wildman–Crippen MR) is 106 cm³/mol. The Balaban J connectivity index is 0.000000253. The Labute approximate surface area is 169 Å². The third-order valence-electron chi connectivity index (χ3n) is 4.18. The predicted octanol–water partition coefficient (Wildman–Crippen LogP) is 2.13. The molecule has 4 N–H and O–H groups in total. The normalized spacial score (nSPS) is 16.9. The van der Waals surface area contributed by atoms with Crippen LogP contribution in [0.1, 0.15) is 23.6 Å². The van der Waals surface area contributed by atoms with E-state index in [1.165, 1.54) is 0 Å². The molecule has 0 aromatic heterocycles. The molecule has 0 radical (unpaired) electrons. The first-order valence-corrected chi connectivity index (χ1v) is 9.26. The minimum atomic E-state index is -1.25. The van der Waals surface area contributed by atoms with Crippen molar-refractivity contribution < 1.29 is 29.3 Å². The maximum absolute atomic E-state index is 11.8. The molecule has 1 saturated heterocycles. The van der Waals surface area contributed by atoms with Gasteiger partial charge in [-0.2, -0.15) is 0 Å². The van der Waals surface area contributed by atoms with Gasteiger partial charge < -0.3 is 25.4 Å². The average Bonchev–Trinajstić information content (AvgIpc) is 2.78. The van der Waals surface area contributed by atoms with Crippen LogP contribution in [-0.4, -0.2) is 53.2 Å². The Morgan fingerprint density at radius 3 is 2.34 bits per heavy atom. The summed E-state index contributed by atoms with van der Waals surface area (Å²) in [5, 5.41) is 17.6. The van der Waals surface area contributed by atoms with Crippen molar-refractivity contribution in [2.24, 2.45) is 5.73 Å². The van der Waals surface area contributed by atoms with Crippen molar-refractivity contribution in [3.63, 3.8) is 0 Å². The van der Waals surface area contributed by atoms with Crippen LogP contribution in [0.3, 0.4) is 0 Å². The first-order valence-electron chi connectivity index (χ1n) is 9.26. The Morgan fingerprint density at radius 2 is 1.76 bits per heavy atom. The second kappa shape index (κ2) is 11.8. The van der Waals surface area contributed by atoms with Gasteiger partial charge >= 0.3 is 12.1 Å². The Morgan fingerprint density at radius 1 is 1.14 bits per heavy atom. The molecular formula is C21H26N2O6. The molecule has 29 heavy (non-hydrogen) atoms. The second-order valence-electron chi connectivity index (χ2n) is 6.35. The summed E-state index contributed by atoms with van der Waals surface area (Å²) in [7, 11) is 0. The summed E-state index contributed by atoms with van der Waals surface area (Å²) in [6.45, 7) is 0.774. The van der Waals surface area contributed by atoms with E-state index in [4.69, 9.17) is 25.4 Å². The van der Waals surface area contributed by atoms with Crippen LogP contribution in [0.2, 0.25) is 0 Å². The van der Waals surface area contributed by atoms with Crippen LogP contribution in [-0.2, 0) is 20.9 Å². The van der Waals surface area contributed by atoms with Crippen LogP contribution in [0.25, 0.3) is 0 Å². The van der Waals surface area contributed by atoms with Gasteiger partial charge in [-0.3, -0.25) is 4.90 Å². The molecule has 0 saturated carbocycles. The molecule has 1 heterocycles. The van der Waals surface area contributed by atoms with Gasteiger partial charge in [0.25, 0.3) is 0 Å². The van der Waals surface area contributed by atoms with Crippen molar-refractivity contribution in [1.82, 2.24) is 4.90 Å². The number of ether oxygens (including phenoxy) is 2. The van der Waals surface area contributed by atoms with Crippen LogP contribution in [0.4, 0.5) is 4.79 Å². The van der Waals surface area contributed by atoms with Gasteiger partial charge in [0.1, 0.15) is 6.61 Å². The Hall–Kier alpha value is -2.94. The summed E-state index contributed by atoms with van der Waals surface area (Å²) >= 11 is 0. The molecular weight excluding hydrogens is 376 g/mol. The van der Waals surface area contributed by atoms with Gasteiger partial charge in [0.15, 0.2) is 0 Å². The van der Waals surface area contributed by atoms with Gasteiger partial charge in [-0.1, -0.05) is 60.7 Å². The standard InChI is InChI=1S/C13H15NO5.C8H11NO/c15-12(16)11-14(7-4-8-18-11)13(17)19-9-10-5-2-1-3-6-10;9-8(6-10)7-4-2-1-3-5-7/h1-3,5-6,11H,4,7-9H2,(H,15,16);1-5,8,10H,6,9H2/t11-;/m0./s1. The molecule has 156 valence electrons. The van der Waals surface area contributed by atoms with Gasteiger partial charge in [-0.15, -0.1) is 0 Å². The third-order valence-corrected chi connectivity index (χ3v) is 4.18. The van der Waals surface area contributed by atoms with Crippen LogP contribution in [0.5, 0.6) is 0 Å². The molecule has 1 aliphatic rings. The molecule has 3 rings (SSSR count). The molecule has 1 fully saturated rings. The van der Waals surface area contributed by atoms with E-state index in [9.17, 15) is 9.59 Å². The molecule has 8 heteroatoms. The number of aliphatic hydroxyl groups is 1. The largest absolute Gasteiger partial charge is 0.478 e. The van der Waals surface area contributed by atoms with Crippen molar-refractivity contribution in [2.75, 3.05) is 19.8 Å². The van der Waals surface area contributed by atoms with Crippen molar-refractivity contribution in [2.45, 2.75) is 25.3 Å². The monoisotopic (exact) mass is 402 g/mol. The number of nitrogens with zero attached hydrogens (tertiary/aromatic N) is 1. The highest BCUT2D eigenvalue weighted by molar-refractivity contribution is 5.78. The maximum atomic E-state index is 11.8. The van der Waals surface area contributed by atoms with Crippen molar-refractivity contribution in [3.8, 4) is 0 Å². The molecule has 8 nitrogen and oxygen atoms in total. The zero-order valence-electron chi connectivity index (χ0n) is 16.0. The van der Waals surface area contributed by atoms with Gasteiger partial charge in [0.2, 0.25) is 6.23 Å². The highest BCUT2D eigenvalue weighted by Crippen LogP contribution is 2.13. The van der Waals surface area contributed by atoms with E-state index in [2.05, 4.69) is 0 Å². The number of carboxylic acids is 1. The first kappa shape index (κ1) is 22.4. The van der Waals surface area contributed by atoms with E-state index in [-0.39, 0.29) is 19.3 Å². The molecule has 2 aromatic rings. The quantitative estimate of drug-likeness (QED) is 0.700. The first-order chi connectivity index (χ1) is 14.0. The van der Waals surface area contributed by atoms with Gasteiger partial charge in [0.05, 0.1) is 19.3 Å². The van der Waals surface area contributed by atoms with Gasteiger partial charge in [-0.05, 0) is 17.5 Å². The molecule has 1 unspecified atom stereocenters. The number of amides is 1. The lowest BCUT2D eigenvalue weighted by molar-refractivity contribution is -0.168. The number of carboxylic acid groups (broad SMARTS) is 1. The molecule has 1 aliphatic heterocycles. The third kappa shape index (κ3) is 7.19. The Kier molecular flexibility index (Phi) is 9.10. The van der Waals surface area contributed by atoms with Crippen LogP contribution < -0.4 is 5.73 Å². The van der Waals surface area contributed by atoms with Crippen LogP contribution in [0.15, 0.2) is 60.7 Å². The van der Waals surface area contributed by atoms with E-state index in [1.807, 2.05) is 60.7 Å². The minimum absolute atomic E-state index is 0.00398. The number of carbonyl (C=O) groups excluding carboxylic acids is 1. The number of carbonyl (C=O) groups is 2. The minimum Gasteiger partial charge on any atom is -0.478 e. The summed E-state index contributed by atoms with van der Waals surface area (Å²) in [5.74, 6) is -1.18. The van der Waals surface area contributed by atoms with Crippen molar-refractivity contribution >= 4 is 12.1 Å². The van der Waals surface area contributed by atoms with Crippen LogP contribution in [0, 0.1) is 0 Å². The highest BCUT2D eigenvalue weighted by atomic mass is 16.6. The molecule has 0 bridgehead atoms. The average molecular weight is 402 g/mol. The van der Waals surface area contributed by atoms with E-state index < -0.39 is 18.3 Å². The number of rotatable bonds is 5. The summed E-state index contributed by atoms with van der Waals surface area (Å²) in [5.41, 5.74) is 7.37. The number of aliphatic carboxylic acids is 1. The molecule has 2 aromatic carbocycles. The van der Waals surface area contributed by atoms with Gasteiger partial charge in [-0.25, -0.2) is 9.59 Å². The summed E-state index contributed by atoms with van der Waals surface area (Å²) < 4.78 is 10.1. The fraction of sp³-hybridized carbons (Fsp3) is 0.333. The summed E-state index contributed by atoms with van der Waals surface area (Å²) in [4.78, 5) is 23.9. The zero-order chi connectivity index (χ0) is 21.1. The molecule has 2 atom stereocenters. The molecule has 0 spiro atoms. The Bertz CT molecular complexity index is 756. The molecule has 0 aliphatic carbocycles. The number of benzene rings is 2. The number of nitrogens with two attached hydrogens (primary N) is 1. The lowest BCUT2D eigenvalue weighted by Crippen LogP contribution is -2.50. The fourth-order valence-corrected chi connectivity index (χ4v) is 2.64. The van der Waals surface area contributed by atoms with E-state index >= 15 is 0 Å². The van der Waals surface area contributed by atoms with Gasteiger partial charge in [0, 0.05) is 6.54 Å². The molecule has 1 amide bonds. The SMILES string of the molecule is NC(CO)c1ccccc1.O=C(O)[C@@H]1OCCCN1C(=O)OCc1ccccc1. The maximum Gasteiger partial charge on any atom is 0.412 e. The van der Waals surface area contributed by atoms with E-state index in [0.29, 0.717) is 19.6 Å². The topological polar surface area (TPSA) is 122 Å². The van der Waals surface area contributed by atoms with Crippen molar-refractivity contribution in [1.29, 1.82) is 0 Å². The lowest BCUT2D eigenvalue weighted by Gasteiger charge is -2.31.